The predicted octanol–water partition coefficient (Wildman–Crippen LogP) is 3.18. The van der Waals surface area contributed by atoms with Crippen LogP contribution in [0.3, 0.4) is 0 Å². The second-order valence-corrected chi connectivity index (χ2v) is 8.34. The fourth-order valence-corrected chi connectivity index (χ4v) is 5.54. The molecule has 1 saturated carbocycles. The lowest BCUT2D eigenvalue weighted by atomic mass is 10.1. The minimum absolute atomic E-state index is 0.208. The van der Waals surface area contributed by atoms with Crippen molar-refractivity contribution in [2.45, 2.75) is 16.1 Å². The van der Waals surface area contributed by atoms with Crippen LogP contribution in [0.15, 0.2) is 59.5 Å². The molecule has 2 aromatic rings. The van der Waals surface area contributed by atoms with Crippen molar-refractivity contribution in [1.29, 1.82) is 0 Å². The number of halogens is 1. The van der Waals surface area contributed by atoms with Crippen LogP contribution in [0.4, 0.5) is 0 Å². The van der Waals surface area contributed by atoms with E-state index in [2.05, 4.69) is 0 Å². The van der Waals surface area contributed by atoms with Crippen LogP contribution in [0.5, 0.6) is 0 Å². The van der Waals surface area contributed by atoms with Crippen LogP contribution >= 0.6 is 23.8 Å². The third kappa shape index (κ3) is 2.64. The summed E-state index contributed by atoms with van der Waals surface area (Å²) in [5.41, 5.74) is 6.66. The SMILES string of the molecule is NC(=S)[C@H]1[C@@H](c2ccc(Cl)cc2)[C@@H]1S(=O)(=O)c1ccccc1. The highest BCUT2D eigenvalue weighted by Gasteiger charge is 2.60. The maximum Gasteiger partial charge on any atom is 0.182 e. The number of hydrogen-bond donors (Lipinski definition) is 1. The summed E-state index contributed by atoms with van der Waals surface area (Å²) in [4.78, 5) is 0.544. The largest absolute Gasteiger partial charge is 0.393 e. The van der Waals surface area contributed by atoms with Crippen molar-refractivity contribution in [3.05, 3.63) is 65.2 Å². The average molecular weight is 352 g/mol. The quantitative estimate of drug-likeness (QED) is 0.859. The molecule has 3 rings (SSSR count). The van der Waals surface area contributed by atoms with Crippen molar-refractivity contribution < 1.29 is 8.42 Å². The number of nitrogens with two attached hydrogens (primary N) is 1. The molecule has 0 heterocycles. The average Bonchev–Trinajstić information content (AvgIpc) is 3.25. The highest BCUT2D eigenvalue weighted by Crippen LogP contribution is 2.54. The van der Waals surface area contributed by atoms with E-state index in [1.165, 1.54) is 0 Å². The molecule has 6 heteroatoms. The fourth-order valence-electron chi connectivity index (χ4n) is 2.86. The van der Waals surface area contributed by atoms with Gasteiger partial charge in [-0.15, -0.1) is 0 Å². The maximum atomic E-state index is 12.8. The Kier molecular flexibility index (Phi) is 3.97. The summed E-state index contributed by atoms with van der Waals surface area (Å²) in [7, 11) is -3.47. The normalized spacial score (nSPS) is 24.0. The van der Waals surface area contributed by atoms with Crippen molar-refractivity contribution in [2.24, 2.45) is 11.7 Å². The molecule has 0 saturated heterocycles. The van der Waals surface area contributed by atoms with E-state index in [1.807, 2.05) is 12.1 Å². The van der Waals surface area contributed by atoms with Gasteiger partial charge in [0.15, 0.2) is 9.84 Å². The number of rotatable bonds is 4. The molecule has 0 aliphatic heterocycles. The molecule has 0 radical (unpaired) electrons. The Morgan fingerprint density at radius 1 is 1.05 bits per heavy atom. The van der Waals surface area contributed by atoms with Gasteiger partial charge in [0.05, 0.1) is 15.1 Å². The number of benzene rings is 2. The standard InChI is InChI=1S/C16H14ClNO2S2/c17-11-8-6-10(7-9-11)13-14(16(18)21)15(13)22(19,20)12-4-2-1-3-5-12/h1-9,13-15H,(H2,18,21)/t13-,14+,15+/m1/s1. The summed E-state index contributed by atoms with van der Waals surface area (Å²) in [5.74, 6) is -0.540. The zero-order valence-corrected chi connectivity index (χ0v) is 13.9. The van der Waals surface area contributed by atoms with Gasteiger partial charge >= 0.3 is 0 Å². The molecule has 0 amide bonds. The molecule has 0 aromatic heterocycles. The Balaban J connectivity index is 1.99. The van der Waals surface area contributed by atoms with Crippen LogP contribution in [0, 0.1) is 5.92 Å². The first-order chi connectivity index (χ1) is 10.4. The molecule has 1 aliphatic carbocycles. The van der Waals surface area contributed by atoms with Gasteiger partial charge in [-0.1, -0.05) is 54.2 Å². The second-order valence-electron chi connectivity index (χ2n) is 5.33. The van der Waals surface area contributed by atoms with Gasteiger partial charge in [-0.2, -0.15) is 0 Å². The van der Waals surface area contributed by atoms with E-state index >= 15 is 0 Å². The van der Waals surface area contributed by atoms with Crippen molar-refractivity contribution in [1.82, 2.24) is 0 Å². The number of hydrogen-bond acceptors (Lipinski definition) is 3. The number of sulfone groups is 1. The monoisotopic (exact) mass is 351 g/mol. The highest BCUT2D eigenvalue weighted by atomic mass is 35.5. The molecule has 1 aliphatic rings. The van der Waals surface area contributed by atoms with Crippen LogP contribution in [-0.2, 0) is 9.84 Å². The first kappa shape index (κ1) is 15.5. The van der Waals surface area contributed by atoms with Gasteiger partial charge in [-0.25, -0.2) is 8.42 Å². The molecule has 0 bridgehead atoms. The van der Waals surface area contributed by atoms with Gasteiger partial charge in [0.1, 0.15) is 0 Å². The Labute approximate surface area is 140 Å². The van der Waals surface area contributed by atoms with E-state index in [4.69, 9.17) is 29.6 Å². The molecule has 3 nitrogen and oxygen atoms in total. The molecular weight excluding hydrogens is 338 g/mol. The topological polar surface area (TPSA) is 60.2 Å². The summed E-state index contributed by atoms with van der Waals surface area (Å²) < 4.78 is 25.6. The summed E-state index contributed by atoms with van der Waals surface area (Å²) in [6.45, 7) is 0. The molecule has 2 N–H and O–H groups in total. The van der Waals surface area contributed by atoms with E-state index in [9.17, 15) is 8.42 Å². The van der Waals surface area contributed by atoms with E-state index in [0.717, 1.165) is 5.56 Å². The highest BCUT2D eigenvalue weighted by molar-refractivity contribution is 7.92. The maximum absolute atomic E-state index is 12.8. The van der Waals surface area contributed by atoms with Crippen LogP contribution in [0.1, 0.15) is 11.5 Å². The van der Waals surface area contributed by atoms with Gasteiger partial charge in [0.2, 0.25) is 0 Å². The van der Waals surface area contributed by atoms with Crippen LogP contribution in [0.25, 0.3) is 0 Å². The first-order valence-corrected chi connectivity index (χ1v) is 9.10. The minimum Gasteiger partial charge on any atom is -0.393 e. The van der Waals surface area contributed by atoms with E-state index in [-0.39, 0.29) is 16.8 Å². The fraction of sp³-hybridized carbons (Fsp3) is 0.188. The molecule has 2 aromatic carbocycles. The summed E-state index contributed by atoms with van der Waals surface area (Å²) >= 11 is 11.0. The summed E-state index contributed by atoms with van der Waals surface area (Å²) in [6, 6.07) is 15.6. The summed E-state index contributed by atoms with van der Waals surface area (Å²) in [5, 5.41) is 0.00678. The first-order valence-electron chi connectivity index (χ1n) is 6.76. The van der Waals surface area contributed by atoms with Gasteiger partial charge in [-0.05, 0) is 29.8 Å². The lowest BCUT2D eigenvalue weighted by Gasteiger charge is -2.04. The Hall–Kier alpha value is -1.43. The van der Waals surface area contributed by atoms with Gasteiger partial charge in [0, 0.05) is 16.9 Å². The Bertz CT molecular complexity index is 804. The lowest BCUT2D eigenvalue weighted by molar-refractivity contribution is 0.593. The van der Waals surface area contributed by atoms with E-state index < -0.39 is 15.1 Å². The van der Waals surface area contributed by atoms with Crippen LogP contribution in [0.2, 0.25) is 5.02 Å². The molecule has 1 fully saturated rings. The molecule has 0 unspecified atom stereocenters. The van der Waals surface area contributed by atoms with Gasteiger partial charge in [0.25, 0.3) is 0 Å². The Morgan fingerprint density at radius 3 is 2.18 bits per heavy atom. The van der Waals surface area contributed by atoms with E-state index in [0.29, 0.717) is 9.92 Å². The molecule has 22 heavy (non-hydrogen) atoms. The Morgan fingerprint density at radius 2 is 1.64 bits per heavy atom. The van der Waals surface area contributed by atoms with Crippen molar-refractivity contribution >= 4 is 38.6 Å². The zero-order valence-electron chi connectivity index (χ0n) is 11.5. The van der Waals surface area contributed by atoms with Crippen molar-refractivity contribution in [2.75, 3.05) is 0 Å². The third-order valence-corrected chi connectivity index (χ3v) is 6.72. The van der Waals surface area contributed by atoms with Crippen LogP contribution in [-0.4, -0.2) is 18.7 Å². The molecule has 0 spiro atoms. The molecule has 114 valence electrons. The predicted molar refractivity (Wildman–Crippen MR) is 91.9 cm³/mol. The van der Waals surface area contributed by atoms with Gasteiger partial charge < -0.3 is 5.73 Å². The summed E-state index contributed by atoms with van der Waals surface area (Å²) in [6.07, 6.45) is 0. The number of thiocarbonyl (C=S) groups is 1. The second kappa shape index (κ2) is 5.65. The van der Waals surface area contributed by atoms with E-state index in [1.54, 1.807) is 42.5 Å². The smallest absolute Gasteiger partial charge is 0.182 e. The van der Waals surface area contributed by atoms with Crippen molar-refractivity contribution in [3.63, 3.8) is 0 Å². The molecular formula is C16H14ClNO2S2. The van der Waals surface area contributed by atoms with Crippen molar-refractivity contribution in [3.8, 4) is 0 Å². The third-order valence-electron chi connectivity index (χ3n) is 3.97. The van der Waals surface area contributed by atoms with Gasteiger partial charge in [-0.3, -0.25) is 0 Å². The minimum atomic E-state index is -3.47. The van der Waals surface area contributed by atoms with Crippen LogP contribution < -0.4 is 5.73 Å². The molecule has 3 atom stereocenters. The zero-order chi connectivity index (χ0) is 15.9. The lowest BCUT2D eigenvalue weighted by Crippen LogP contribution is -2.17.